The van der Waals surface area contributed by atoms with Gasteiger partial charge in [-0.15, -0.1) is 11.6 Å². The number of rotatable bonds is 4. The Hall–Kier alpha value is -1.75. The predicted octanol–water partition coefficient (Wildman–Crippen LogP) is 2.48. The molecule has 0 radical (unpaired) electrons. The van der Waals surface area contributed by atoms with Crippen molar-refractivity contribution in [2.24, 2.45) is 0 Å². The second-order valence-electron chi connectivity index (χ2n) is 5.42. The van der Waals surface area contributed by atoms with E-state index in [-0.39, 0.29) is 30.5 Å². The van der Waals surface area contributed by atoms with Crippen molar-refractivity contribution < 1.29 is 14.3 Å². The van der Waals surface area contributed by atoms with Gasteiger partial charge in [0.2, 0.25) is 5.91 Å². The monoisotopic (exact) mass is 324 g/mol. The molecule has 22 heavy (non-hydrogen) atoms. The minimum absolute atomic E-state index is 0.00396. The van der Waals surface area contributed by atoms with E-state index in [0.717, 1.165) is 18.4 Å². The molecule has 0 unspecified atom stereocenters. The Kier molecular flexibility index (Phi) is 6.07. The van der Waals surface area contributed by atoms with E-state index in [1.807, 2.05) is 30.3 Å². The number of likely N-dealkylation sites (N-methyl/N-ethyl adjacent to an activating group) is 1. The van der Waals surface area contributed by atoms with E-state index in [2.05, 4.69) is 0 Å². The van der Waals surface area contributed by atoms with Gasteiger partial charge < -0.3 is 14.5 Å². The van der Waals surface area contributed by atoms with Crippen LogP contribution in [0.4, 0.5) is 4.79 Å². The maximum atomic E-state index is 12.2. The standard InChI is InChI=1S/C16H21ClN2O3/c1-18(15(20)10-17)14-8-5-9-19(11-14)16(21)22-12-13-6-3-2-4-7-13/h2-4,6-7,14H,5,8-12H2,1H3/t14-/m1/s1. The molecule has 1 aliphatic heterocycles. The van der Waals surface area contributed by atoms with Crippen LogP contribution in [0.2, 0.25) is 0 Å². The molecule has 0 spiro atoms. The van der Waals surface area contributed by atoms with Crippen LogP contribution in [0.5, 0.6) is 0 Å². The molecule has 2 rings (SSSR count). The lowest BCUT2D eigenvalue weighted by Crippen LogP contribution is -2.50. The van der Waals surface area contributed by atoms with Gasteiger partial charge >= 0.3 is 6.09 Å². The highest BCUT2D eigenvalue weighted by Gasteiger charge is 2.28. The first-order chi connectivity index (χ1) is 10.6. The van der Waals surface area contributed by atoms with E-state index in [9.17, 15) is 9.59 Å². The summed E-state index contributed by atoms with van der Waals surface area (Å²) in [4.78, 5) is 27.1. The van der Waals surface area contributed by atoms with E-state index in [4.69, 9.17) is 16.3 Å². The van der Waals surface area contributed by atoms with Crippen molar-refractivity contribution in [3.05, 3.63) is 35.9 Å². The first-order valence-electron chi connectivity index (χ1n) is 7.39. The van der Waals surface area contributed by atoms with Gasteiger partial charge in [-0.05, 0) is 18.4 Å². The Bertz CT molecular complexity index is 509. The topological polar surface area (TPSA) is 49.9 Å². The Labute approximate surface area is 135 Å². The van der Waals surface area contributed by atoms with Gasteiger partial charge in [0.05, 0.1) is 0 Å². The zero-order chi connectivity index (χ0) is 15.9. The minimum atomic E-state index is -0.333. The molecule has 0 saturated carbocycles. The van der Waals surface area contributed by atoms with Crippen LogP contribution >= 0.6 is 11.6 Å². The summed E-state index contributed by atoms with van der Waals surface area (Å²) in [5.41, 5.74) is 0.957. The van der Waals surface area contributed by atoms with E-state index in [1.165, 1.54) is 0 Å². The summed E-state index contributed by atoms with van der Waals surface area (Å²) in [6, 6.07) is 9.58. The van der Waals surface area contributed by atoms with Crippen LogP contribution in [-0.4, -0.2) is 53.9 Å². The molecule has 5 nitrogen and oxygen atoms in total. The van der Waals surface area contributed by atoms with Crippen molar-refractivity contribution in [3.63, 3.8) is 0 Å². The number of piperidine rings is 1. The number of likely N-dealkylation sites (tertiary alicyclic amines) is 1. The maximum absolute atomic E-state index is 12.2. The van der Waals surface area contributed by atoms with Crippen LogP contribution in [0.15, 0.2) is 30.3 Å². The van der Waals surface area contributed by atoms with E-state index >= 15 is 0 Å². The average molecular weight is 325 g/mol. The molecule has 1 fully saturated rings. The third-order valence-corrected chi connectivity index (χ3v) is 4.14. The predicted molar refractivity (Wildman–Crippen MR) is 84.7 cm³/mol. The number of hydrogen-bond donors (Lipinski definition) is 0. The SMILES string of the molecule is CN(C(=O)CCl)[C@@H]1CCCN(C(=O)OCc2ccccc2)C1. The number of halogens is 1. The quantitative estimate of drug-likeness (QED) is 0.800. The van der Waals surface area contributed by atoms with Crippen LogP contribution in [0, 0.1) is 0 Å². The summed E-state index contributed by atoms with van der Waals surface area (Å²) in [6.07, 6.45) is 1.40. The Morgan fingerprint density at radius 1 is 1.36 bits per heavy atom. The molecule has 1 aliphatic rings. The van der Waals surface area contributed by atoms with Gasteiger partial charge in [0.15, 0.2) is 0 Å². The maximum Gasteiger partial charge on any atom is 0.410 e. The number of carbonyl (C=O) groups excluding carboxylic acids is 2. The van der Waals surface area contributed by atoms with Crippen LogP contribution in [0.25, 0.3) is 0 Å². The molecule has 2 amide bonds. The van der Waals surface area contributed by atoms with Crippen molar-refractivity contribution >= 4 is 23.6 Å². The Morgan fingerprint density at radius 2 is 2.09 bits per heavy atom. The van der Waals surface area contributed by atoms with Crippen LogP contribution in [-0.2, 0) is 16.1 Å². The number of alkyl halides is 1. The highest BCUT2D eigenvalue weighted by molar-refractivity contribution is 6.27. The van der Waals surface area contributed by atoms with Crippen molar-refractivity contribution in [1.29, 1.82) is 0 Å². The summed E-state index contributed by atoms with van der Waals surface area (Å²) in [6.45, 7) is 1.41. The molecule has 1 heterocycles. The van der Waals surface area contributed by atoms with E-state index < -0.39 is 0 Å². The van der Waals surface area contributed by atoms with E-state index in [0.29, 0.717) is 13.1 Å². The lowest BCUT2D eigenvalue weighted by Gasteiger charge is -2.36. The molecule has 1 aromatic carbocycles. The van der Waals surface area contributed by atoms with Crippen molar-refractivity contribution in [2.75, 3.05) is 26.0 Å². The average Bonchev–Trinajstić information content (AvgIpc) is 2.59. The zero-order valence-corrected chi connectivity index (χ0v) is 13.5. The van der Waals surface area contributed by atoms with Gasteiger partial charge in [-0.1, -0.05) is 30.3 Å². The number of carbonyl (C=O) groups is 2. The number of nitrogens with zero attached hydrogens (tertiary/aromatic N) is 2. The van der Waals surface area contributed by atoms with Crippen molar-refractivity contribution in [3.8, 4) is 0 Å². The molecule has 0 aromatic heterocycles. The first kappa shape index (κ1) is 16.6. The molecule has 0 N–H and O–H groups in total. The fraction of sp³-hybridized carbons (Fsp3) is 0.500. The van der Waals surface area contributed by atoms with Gasteiger partial charge in [-0.3, -0.25) is 4.79 Å². The first-order valence-corrected chi connectivity index (χ1v) is 7.92. The van der Waals surface area contributed by atoms with Gasteiger partial charge in [0.25, 0.3) is 0 Å². The molecular weight excluding hydrogens is 304 g/mol. The smallest absolute Gasteiger partial charge is 0.410 e. The van der Waals surface area contributed by atoms with Gasteiger partial charge in [-0.2, -0.15) is 0 Å². The molecule has 1 saturated heterocycles. The van der Waals surface area contributed by atoms with Crippen molar-refractivity contribution in [2.45, 2.75) is 25.5 Å². The normalized spacial score (nSPS) is 17.9. The number of ether oxygens (including phenoxy) is 1. The van der Waals surface area contributed by atoms with Gasteiger partial charge in [-0.25, -0.2) is 4.79 Å². The fourth-order valence-electron chi connectivity index (χ4n) is 2.55. The summed E-state index contributed by atoms with van der Waals surface area (Å²) in [7, 11) is 1.73. The van der Waals surface area contributed by atoms with Crippen LogP contribution in [0.3, 0.4) is 0 Å². The highest BCUT2D eigenvalue weighted by Crippen LogP contribution is 2.16. The summed E-state index contributed by atoms with van der Waals surface area (Å²) in [5.74, 6) is -0.156. The molecule has 0 bridgehead atoms. The largest absolute Gasteiger partial charge is 0.445 e. The molecular formula is C16H21ClN2O3. The highest BCUT2D eigenvalue weighted by atomic mass is 35.5. The zero-order valence-electron chi connectivity index (χ0n) is 12.7. The molecule has 1 atom stereocenters. The van der Waals surface area contributed by atoms with Crippen LogP contribution < -0.4 is 0 Å². The summed E-state index contributed by atoms with van der Waals surface area (Å²) in [5, 5.41) is 0. The van der Waals surface area contributed by atoms with Crippen LogP contribution in [0.1, 0.15) is 18.4 Å². The Balaban J connectivity index is 1.86. The van der Waals surface area contributed by atoms with Gasteiger partial charge in [0, 0.05) is 26.2 Å². The molecule has 1 aromatic rings. The summed E-state index contributed by atoms with van der Waals surface area (Å²) >= 11 is 5.59. The third kappa shape index (κ3) is 4.37. The Morgan fingerprint density at radius 3 is 2.77 bits per heavy atom. The molecule has 120 valence electrons. The number of amides is 2. The second kappa shape index (κ2) is 8.03. The second-order valence-corrected chi connectivity index (χ2v) is 5.69. The number of benzene rings is 1. The summed E-state index contributed by atoms with van der Waals surface area (Å²) < 4.78 is 5.34. The van der Waals surface area contributed by atoms with E-state index in [1.54, 1.807) is 16.8 Å². The lowest BCUT2D eigenvalue weighted by molar-refractivity contribution is -0.130. The van der Waals surface area contributed by atoms with Gasteiger partial charge in [0.1, 0.15) is 12.5 Å². The minimum Gasteiger partial charge on any atom is -0.445 e. The molecule has 6 heteroatoms. The fourth-order valence-corrected chi connectivity index (χ4v) is 2.73. The molecule has 0 aliphatic carbocycles. The van der Waals surface area contributed by atoms with Crippen molar-refractivity contribution in [1.82, 2.24) is 9.80 Å². The third-order valence-electron chi connectivity index (χ3n) is 3.92. The number of hydrogen-bond acceptors (Lipinski definition) is 3. The lowest BCUT2D eigenvalue weighted by atomic mass is 10.1.